The fraction of sp³-hybridized carbons (Fsp3) is 0.333. The Hall–Kier alpha value is -3.48. The summed E-state index contributed by atoms with van der Waals surface area (Å²) in [5, 5.41) is 7.10. The Morgan fingerprint density at radius 1 is 0.935 bits per heavy atom. The van der Waals surface area contributed by atoms with Gasteiger partial charge < -0.3 is 19.5 Å². The number of hydrogen-bond acceptors (Lipinski definition) is 5. The van der Waals surface area contributed by atoms with E-state index in [-0.39, 0.29) is 19.1 Å². The van der Waals surface area contributed by atoms with Crippen LogP contribution in [0.5, 0.6) is 17.2 Å². The summed E-state index contributed by atoms with van der Waals surface area (Å²) in [4.78, 5) is 12.5. The maximum absolute atomic E-state index is 12.5. The van der Waals surface area contributed by atoms with Gasteiger partial charge in [0, 0.05) is 0 Å². The molecule has 0 saturated carbocycles. The highest BCUT2D eigenvalue weighted by molar-refractivity contribution is 5.92. The van der Waals surface area contributed by atoms with E-state index in [1.807, 2.05) is 56.3 Å². The molecule has 2 aromatic carbocycles. The van der Waals surface area contributed by atoms with Crippen LogP contribution in [0, 0.1) is 0 Å². The summed E-state index contributed by atoms with van der Waals surface area (Å²) >= 11 is 0. The third-order valence-corrected chi connectivity index (χ3v) is 4.58. The lowest BCUT2D eigenvalue weighted by Gasteiger charge is -2.12. The third-order valence-electron chi connectivity index (χ3n) is 4.58. The van der Waals surface area contributed by atoms with Crippen LogP contribution < -0.4 is 19.5 Å². The molecule has 0 bridgehead atoms. The molecule has 0 fully saturated rings. The molecular weight excluding hydrogens is 394 g/mol. The summed E-state index contributed by atoms with van der Waals surface area (Å²) < 4.78 is 18.6. The number of hydrogen-bond donors (Lipinski definition) is 1. The number of aromatic nitrogens is 2. The molecule has 1 heterocycles. The monoisotopic (exact) mass is 423 g/mol. The largest absolute Gasteiger partial charge is 0.490 e. The Labute approximate surface area is 182 Å². The molecule has 0 aliphatic rings. The van der Waals surface area contributed by atoms with Gasteiger partial charge in [-0.25, -0.2) is 4.68 Å². The number of anilines is 1. The van der Waals surface area contributed by atoms with Crippen molar-refractivity contribution in [2.24, 2.45) is 0 Å². The van der Waals surface area contributed by atoms with Crippen LogP contribution in [0.25, 0.3) is 0 Å². The van der Waals surface area contributed by atoms with E-state index in [1.165, 1.54) is 5.56 Å². The number of nitrogens with one attached hydrogen (secondary N) is 1. The van der Waals surface area contributed by atoms with Crippen molar-refractivity contribution in [2.45, 2.75) is 40.3 Å². The maximum Gasteiger partial charge on any atom is 0.228 e. The van der Waals surface area contributed by atoms with Crippen LogP contribution in [0.3, 0.4) is 0 Å². The summed E-state index contributed by atoms with van der Waals surface area (Å²) in [6.45, 7) is 7.29. The molecule has 7 heteroatoms. The van der Waals surface area contributed by atoms with Gasteiger partial charge in [0.1, 0.15) is 5.75 Å². The normalized spacial score (nSPS) is 10.5. The lowest BCUT2D eigenvalue weighted by Crippen LogP contribution is -2.14. The van der Waals surface area contributed by atoms with Gasteiger partial charge in [-0.1, -0.05) is 25.1 Å². The minimum Gasteiger partial charge on any atom is -0.490 e. The van der Waals surface area contributed by atoms with Gasteiger partial charge in [0.25, 0.3) is 0 Å². The van der Waals surface area contributed by atoms with Crippen molar-refractivity contribution in [3.8, 4) is 17.2 Å². The van der Waals surface area contributed by atoms with Gasteiger partial charge in [0.15, 0.2) is 18.2 Å². The van der Waals surface area contributed by atoms with E-state index in [9.17, 15) is 4.79 Å². The molecule has 1 aromatic heterocycles. The molecule has 164 valence electrons. The predicted molar refractivity (Wildman–Crippen MR) is 120 cm³/mol. The standard InChI is InChI=1S/C24H29N3O4/c1-4-18-7-10-21(11-8-18)31-17-27-16-20(15-25-27)26-24(28)14-19-9-12-22(29-5-2)23(13-19)30-6-3/h7-13,15-16H,4-6,14,17H2,1-3H3,(H,26,28). The zero-order valence-electron chi connectivity index (χ0n) is 18.3. The lowest BCUT2D eigenvalue weighted by molar-refractivity contribution is -0.115. The first-order valence-corrected chi connectivity index (χ1v) is 10.5. The molecule has 3 aromatic rings. The van der Waals surface area contributed by atoms with Crippen molar-refractivity contribution >= 4 is 11.6 Å². The molecule has 0 spiro atoms. The van der Waals surface area contributed by atoms with Crippen molar-refractivity contribution in [2.75, 3.05) is 18.5 Å². The van der Waals surface area contributed by atoms with Gasteiger partial charge in [-0.15, -0.1) is 0 Å². The van der Waals surface area contributed by atoms with Gasteiger partial charge in [-0.05, 0) is 55.7 Å². The van der Waals surface area contributed by atoms with Crippen LogP contribution in [-0.2, 0) is 24.4 Å². The first-order valence-electron chi connectivity index (χ1n) is 10.5. The van der Waals surface area contributed by atoms with Crippen molar-refractivity contribution in [3.63, 3.8) is 0 Å². The van der Waals surface area contributed by atoms with E-state index in [2.05, 4.69) is 17.3 Å². The Balaban J connectivity index is 1.54. The minimum absolute atomic E-state index is 0.137. The molecule has 3 rings (SSSR count). The number of aryl methyl sites for hydroxylation is 1. The van der Waals surface area contributed by atoms with Crippen molar-refractivity contribution in [3.05, 3.63) is 66.0 Å². The molecule has 1 amide bonds. The van der Waals surface area contributed by atoms with Crippen molar-refractivity contribution in [1.82, 2.24) is 9.78 Å². The average Bonchev–Trinajstić information content (AvgIpc) is 3.22. The van der Waals surface area contributed by atoms with E-state index in [0.29, 0.717) is 30.4 Å². The molecular formula is C24H29N3O4. The number of rotatable bonds is 11. The minimum atomic E-state index is -0.137. The van der Waals surface area contributed by atoms with Crippen LogP contribution in [0.2, 0.25) is 0 Å². The highest BCUT2D eigenvalue weighted by atomic mass is 16.5. The van der Waals surface area contributed by atoms with Crippen LogP contribution in [0.1, 0.15) is 31.9 Å². The quantitative estimate of drug-likeness (QED) is 0.493. The average molecular weight is 424 g/mol. The van der Waals surface area contributed by atoms with Gasteiger partial charge in [0.2, 0.25) is 5.91 Å². The van der Waals surface area contributed by atoms with E-state index in [1.54, 1.807) is 17.1 Å². The summed E-state index contributed by atoms with van der Waals surface area (Å²) in [5.74, 6) is 1.96. The summed E-state index contributed by atoms with van der Waals surface area (Å²) in [7, 11) is 0. The zero-order valence-corrected chi connectivity index (χ0v) is 18.3. The van der Waals surface area contributed by atoms with Crippen LogP contribution in [-0.4, -0.2) is 28.9 Å². The fourth-order valence-electron chi connectivity index (χ4n) is 3.06. The van der Waals surface area contributed by atoms with Crippen molar-refractivity contribution in [1.29, 1.82) is 0 Å². The van der Waals surface area contributed by atoms with E-state index < -0.39 is 0 Å². The first-order chi connectivity index (χ1) is 15.1. The maximum atomic E-state index is 12.5. The number of benzene rings is 2. The van der Waals surface area contributed by atoms with Gasteiger partial charge in [-0.2, -0.15) is 5.10 Å². The topological polar surface area (TPSA) is 74.6 Å². The Kier molecular flexibility index (Phi) is 7.92. The number of nitrogens with zero attached hydrogens (tertiary/aromatic N) is 2. The van der Waals surface area contributed by atoms with E-state index >= 15 is 0 Å². The van der Waals surface area contributed by atoms with Gasteiger partial charge in [-0.3, -0.25) is 4.79 Å². The second-order valence-electron chi connectivity index (χ2n) is 6.91. The van der Waals surface area contributed by atoms with Gasteiger partial charge >= 0.3 is 0 Å². The van der Waals surface area contributed by atoms with Crippen LogP contribution in [0.15, 0.2) is 54.9 Å². The SMILES string of the molecule is CCOc1ccc(CC(=O)Nc2cnn(COc3ccc(CC)cc3)c2)cc1OCC. The summed E-state index contributed by atoms with van der Waals surface area (Å²) in [5.41, 5.74) is 2.72. The molecule has 0 unspecified atom stereocenters. The number of ether oxygens (including phenoxy) is 3. The van der Waals surface area contributed by atoms with Crippen molar-refractivity contribution < 1.29 is 19.0 Å². The Bertz CT molecular complexity index is 983. The lowest BCUT2D eigenvalue weighted by atomic mass is 10.1. The number of amides is 1. The smallest absolute Gasteiger partial charge is 0.228 e. The van der Waals surface area contributed by atoms with Gasteiger partial charge in [0.05, 0.1) is 37.7 Å². The van der Waals surface area contributed by atoms with Crippen LogP contribution in [0.4, 0.5) is 5.69 Å². The molecule has 0 aliphatic heterocycles. The summed E-state index contributed by atoms with van der Waals surface area (Å²) in [6, 6.07) is 13.5. The van der Waals surface area contributed by atoms with E-state index in [0.717, 1.165) is 17.7 Å². The third kappa shape index (κ3) is 6.50. The molecule has 1 N–H and O–H groups in total. The molecule has 0 aliphatic carbocycles. The molecule has 31 heavy (non-hydrogen) atoms. The second kappa shape index (κ2) is 11.1. The molecule has 7 nitrogen and oxygen atoms in total. The number of carbonyl (C=O) groups is 1. The number of carbonyl (C=O) groups excluding carboxylic acids is 1. The second-order valence-corrected chi connectivity index (χ2v) is 6.91. The zero-order chi connectivity index (χ0) is 22.1. The van der Waals surface area contributed by atoms with E-state index in [4.69, 9.17) is 14.2 Å². The highest BCUT2D eigenvalue weighted by Gasteiger charge is 2.10. The molecule has 0 saturated heterocycles. The fourth-order valence-corrected chi connectivity index (χ4v) is 3.06. The first kappa shape index (κ1) is 22.2. The summed E-state index contributed by atoms with van der Waals surface area (Å²) in [6.07, 6.45) is 4.55. The predicted octanol–water partition coefficient (Wildman–Crippen LogP) is 4.46. The Morgan fingerprint density at radius 2 is 1.65 bits per heavy atom. The Morgan fingerprint density at radius 3 is 2.35 bits per heavy atom. The van der Waals surface area contributed by atoms with Crippen LogP contribution >= 0.6 is 0 Å². The molecule has 0 atom stereocenters. The molecule has 0 radical (unpaired) electrons. The highest BCUT2D eigenvalue weighted by Crippen LogP contribution is 2.28.